The van der Waals surface area contributed by atoms with Crippen LogP contribution in [0.3, 0.4) is 0 Å². The van der Waals surface area contributed by atoms with Gasteiger partial charge in [0, 0.05) is 36.6 Å². The molecule has 1 saturated carbocycles. The van der Waals surface area contributed by atoms with Crippen molar-refractivity contribution in [2.75, 3.05) is 5.32 Å². The first-order valence-electron chi connectivity index (χ1n) is 8.53. The van der Waals surface area contributed by atoms with Gasteiger partial charge in [0.25, 0.3) is 0 Å². The van der Waals surface area contributed by atoms with Gasteiger partial charge < -0.3 is 15.0 Å². The molecular weight excluding hydrogens is 314 g/mol. The molecule has 1 aliphatic rings. The fourth-order valence-electron chi connectivity index (χ4n) is 3.24. The van der Waals surface area contributed by atoms with E-state index in [9.17, 15) is 5.11 Å². The van der Waals surface area contributed by atoms with Gasteiger partial charge in [0.1, 0.15) is 18.0 Å². The summed E-state index contributed by atoms with van der Waals surface area (Å²) in [7, 11) is 0. The summed E-state index contributed by atoms with van der Waals surface area (Å²) in [5.74, 6) is 2.11. The summed E-state index contributed by atoms with van der Waals surface area (Å²) >= 11 is 0. The van der Waals surface area contributed by atoms with Crippen LogP contribution in [0.2, 0.25) is 0 Å². The largest absolute Gasteiger partial charge is 0.393 e. The molecule has 1 aromatic carbocycles. The van der Waals surface area contributed by atoms with E-state index < -0.39 is 0 Å². The molecule has 0 unspecified atom stereocenters. The second kappa shape index (κ2) is 6.64. The highest BCUT2D eigenvalue weighted by molar-refractivity contribution is 5.45. The Morgan fingerprint density at radius 1 is 1.20 bits per heavy atom. The van der Waals surface area contributed by atoms with E-state index in [1.54, 1.807) is 6.33 Å². The Hall–Kier alpha value is -2.73. The number of aliphatic hydroxyl groups excluding tert-OH is 1. The van der Waals surface area contributed by atoms with Crippen molar-refractivity contribution in [2.24, 2.45) is 0 Å². The minimum absolute atomic E-state index is 0.179. The first kappa shape index (κ1) is 15.8. The number of aliphatic hydroxyl groups is 1. The SMILES string of the molecule is Cc1nccn1-c1ccccc1CNc1cc(C2CC(O)C2)ncn1. The zero-order valence-corrected chi connectivity index (χ0v) is 14.1. The summed E-state index contributed by atoms with van der Waals surface area (Å²) in [6.45, 7) is 2.66. The summed E-state index contributed by atoms with van der Waals surface area (Å²) < 4.78 is 2.08. The van der Waals surface area contributed by atoms with Crippen molar-refractivity contribution in [2.45, 2.75) is 38.3 Å². The van der Waals surface area contributed by atoms with E-state index in [4.69, 9.17) is 0 Å². The van der Waals surface area contributed by atoms with Gasteiger partial charge in [0.2, 0.25) is 0 Å². The second-order valence-corrected chi connectivity index (χ2v) is 6.48. The Labute approximate surface area is 146 Å². The predicted molar refractivity (Wildman–Crippen MR) is 95.6 cm³/mol. The lowest BCUT2D eigenvalue weighted by Gasteiger charge is -2.30. The molecule has 0 saturated heterocycles. The van der Waals surface area contributed by atoms with Crippen molar-refractivity contribution in [3.8, 4) is 5.69 Å². The third kappa shape index (κ3) is 3.25. The van der Waals surface area contributed by atoms with Gasteiger partial charge in [-0.1, -0.05) is 18.2 Å². The number of rotatable bonds is 5. The van der Waals surface area contributed by atoms with Gasteiger partial charge >= 0.3 is 0 Å². The van der Waals surface area contributed by atoms with Crippen LogP contribution in [0.15, 0.2) is 49.1 Å². The second-order valence-electron chi connectivity index (χ2n) is 6.48. The lowest BCUT2D eigenvalue weighted by molar-refractivity contribution is 0.0732. The zero-order valence-electron chi connectivity index (χ0n) is 14.1. The first-order valence-corrected chi connectivity index (χ1v) is 8.53. The van der Waals surface area contributed by atoms with Crippen molar-refractivity contribution >= 4 is 5.82 Å². The smallest absolute Gasteiger partial charge is 0.129 e. The highest BCUT2D eigenvalue weighted by Gasteiger charge is 2.29. The molecule has 0 amide bonds. The molecule has 2 N–H and O–H groups in total. The Morgan fingerprint density at radius 3 is 2.80 bits per heavy atom. The van der Waals surface area contributed by atoms with Crippen LogP contribution in [-0.2, 0) is 6.54 Å². The Balaban J connectivity index is 1.51. The van der Waals surface area contributed by atoms with E-state index in [1.165, 1.54) is 5.56 Å². The minimum atomic E-state index is -0.179. The van der Waals surface area contributed by atoms with E-state index in [-0.39, 0.29) is 6.10 Å². The number of imidazole rings is 1. The van der Waals surface area contributed by atoms with Crippen LogP contribution in [0.5, 0.6) is 0 Å². The molecular formula is C19H21N5O. The van der Waals surface area contributed by atoms with Crippen molar-refractivity contribution in [1.29, 1.82) is 0 Å². The van der Waals surface area contributed by atoms with Crippen LogP contribution >= 0.6 is 0 Å². The lowest BCUT2D eigenvalue weighted by atomic mass is 9.80. The van der Waals surface area contributed by atoms with Crippen LogP contribution in [0.25, 0.3) is 5.69 Å². The molecule has 0 spiro atoms. The molecule has 4 rings (SSSR count). The maximum atomic E-state index is 9.48. The Kier molecular flexibility index (Phi) is 4.19. The molecule has 3 aromatic rings. The molecule has 6 heteroatoms. The third-order valence-corrected chi connectivity index (χ3v) is 4.76. The number of aryl methyl sites for hydroxylation is 1. The van der Waals surface area contributed by atoms with E-state index >= 15 is 0 Å². The maximum absolute atomic E-state index is 9.48. The molecule has 2 heterocycles. The molecule has 0 aliphatic heterocycles. The van der Waals surface area contributed by atoms with Gasteiger partial charge in [-0.25, -0.2) is 15.0 Å². The first-order chi connectivity index (χ1) is 12.2. The third-order valence-electron chi connectivity index (χ3n) is 4.76. The number of para-hydroxylation sites is 1. The summed E-state index contributed by atoms with van der Waals surface area (Å²) in [5.41, 5.74) is 3.28. The Morgan fingerprint density at radius 2 is 2.04 bits per heavy atom. The number of nitrogens with one attached hydrogen (secondary N) is 1. The summed E-state index contributed by atoms with van der Waals surface area (Å²) in [5, 5.41) is 12.9. The maximum Gasteiger partial charge on any atom is 0.129 e. The Bertz CT molecular complexity index is 870. The van der Waals surface area contributed by atoms with E-state index in [0.29, 0.717) is 12.5 Å². The molecule has 25 heavy (non-hydrogen) atoms. The van der Waals surface area contributed by atoms with Crippen molar-refractivity contribution in [3.63, 3.8) is 0 Å². The molecule has 2 aromatic heterocycles. The van der Waals surface area contributed by atoms with Gasteiger partial charge in [-0.2, -0.15) is 0 Å². The molecule has 0 radical (unpaired) electrons. The van der Waals surface area contributed by atoms with Gasteiger partial charge in [-0.15, -0.1) is 0 Å². The average molecular weight is 335 g/mol. The molecule has 6 nitrogen and oxygen atoms in total. The van der Waals surface area contributed by atoms with Crippen LogP contribution in [0.4, 0.5) is 5.82 Å². The number of anilines is 1. The highest BCUT2D eigenvalue weighted by Crippen LogP contribution is 2.36. The number of aromatic nitrogens is 4. The predicted octanol–water partition coefficient (Wildman–Crippen LogP) is 2.82. The van der Waals surface area contributed by atoms with Gasteiger partial charge in [-0.3, -0.25) is 0 Å². The van der Waals surface area contributed by atoms with Gasteiger partial charge in [0.05, 0.1) is 11.8 Å². The standard InChI is InChI=1S/C19H21N5O/c1-13-20-6-7-24(13)18-5-3-2-4-14(18)11-21-19-10-17(22-12-23-19)15-8-16(25)9-15/h2-7,10,12,15-16,25H,8-9,11H2,1H3,(H,21,22,23). The van der Waals surface area contributed by atoms with Crippen LogP contribution < -0.4 is 5.32 Å². The summed E-state index contributed by atoms with van der Waals surface area (Å²) in [6, 6.07) is 10.2. The molecule has 0 bridgehead atoms. The zero-order chi connectivity index (χ0) is 17.2. The molecule has 1 aliphatic carbocycles. The lowest BCUT2D eigenvalue weighted by Crippen LogP contribution is -2.27. The number of hydrogen-bond donors (Lipinski definition) is 2. The van der Waals surface area contributed by atoms with E-state index in [1.807, 2.05) is 37.5 Å². The average Bonchev–Trinajstić information content (AvgIpc) is 3.03. The summed E-state index contributed by atoms with van der Waals surface area (Å²) in [4.78, 5) is 13.0. The fourth-order valence-corrected chi connectivity index (χ4v) is 3.24. The minimum Gasteiger partial charge on any atom is -0.393 e. The normalized spacial score (nSPS) is 19.4. The van der Waals surface area contributed by atoms with E-state index in [0.717, 1.165) is 35.9 Å². The summed E-state index contributed by atoms with van der Waals surface area (Å²) in [6.07, 6.45) is 6.77. The van der Waals surface area contributed by atoms with Crippen LogP contribution in [0, 0.1) is 6.92 Å². The van der Waals surface area contributed by atoms with Gasteiger partial charge in [0.15, 0.2) is 0 Å². The number of benzene rings is 1. The quantitative estimate of drug-likeness (QED) is 0.750. The number of hydrogen-bond acceptors (Lipinski definition) is 5. The topological polar surface area (TPSA) is 75.9 Å². The van der Waals surface area contributed by atoms with Gasteiger partial charge in [-0.05, 0) is 31.4 Å². The molecule has 1 fully saturated rings. The van der Waals surface area contributed by atoms with Crippen LogP contribution in [0.1, 0.15) is 35.8 Å². The molecule has 128 valence electrons. The van der Waals surface area contributed by atoms with Crippen LogP contribution in [-0.4, -0.2) is 30.7 Å². The fraction of sp³-hybridized carbons (Fsp3) is 0.316. The molecule has 0 atom stereocenters. The number of nitrogens with zero attached hydrogens (tertiary/aromatic N) is 4. The van der Waals surface area contributed by atoms with Crippen molar-refractivity contribution in [1.82, 2.24) is 19.5 Å². The van der Waals surface area contributed by atoms with Crippen molar-refractivity contribution in [3.05, 3.63) is 66.1 Å². The van der Waals surface area contributed by atoms with E-state index in [2.05, 4.69) is 37.0 Å². The highest BCUT2D eigenvalue weighted by atomic mass is 16.3. The van der Waals surface area contributed by atoms with Crippen molar-refractivity contribution < 1.29 is 5.11 Å². The monoisotopic (exact) mass is 335 g/mol.